The molecule has 2 aromatic rings. The van der Waals surface area contributed by atoms with E-state index in [-0.39, 0.29) is 12.0 Å². The number of H-pyrrole nitrogens is 1. The van der Waals surface area contributed by atoms with Crippen molar-refractivity contribution in [3.8, 4) is 0 Å². The Bertz CT molecular complexity index is 568. The summed E-state index contributed by atoms with van der Waals surface area (Å²) in [5.41, 5.74) is 0.372. The van der Waals surface area contributed by atoms with Crippen LogP contribution in [0, 0.1) is 6.92 Å². The van der Waals surface area contributed by atoms with Gasteiger partial charge in [-0.1, -0.05) is 4.49 Å². The van der Waals surface area contributed by atoms with Crippen molar-refractivity contribution in [1.82, 2.24) is 29.7 Å². The summed E-state index contributed by atoms with van der Waals surface area (Å²) in [6.07, 6.45) is -0.297. The number of ether oxygens (including phenoxy) is 1. The fraction of sp³-hybridized carbons (Fsp3) is 0.500. The molecule has 0 saturated carbocycles. The minimum atomic E-state index is -0.297. The summed E-state index contributed by atoms with van der Waals surface area (Å²) in [4.78, 5) is 18.1. The van der Waals surface area contributed by atoms with Crippen LogP contribution >= 0.6 is 11.5 Å². The van der Waals surface area contributed by atoms with Crippen molar-refractivity contribution in [3.63, 3.8) is 0 Å². The van der Waals surface area contributed by atoms with E-state index in [0.717, 1.165) is 17.4 Å². The highest BCUT2D eigenvalue weighted by Gasteiger charge is 2.29. The molecule has 1 atom stereocenters. The Morgan fingerprint density at radius 3 is 3.21 bits per heavy atom. The number of aromatic nitrogens is 5. The van der Waals surface area contributed by atoms with Crippen molar-refractivity contribution in [1.29, 1.82) is 0 Å². The molecular formula is C10H12N6O2S. The van der Waals surface area contributed by atoms with Crippen molar-refractivity contribution in [2.75, 3.05) is 19.7 Å². The van der Waals surface area contributed by atoms with E-state index in [0.29, 0.717) is 31.2 Å². The number of nitrogens with one attached hydrogen (secondary N) is 1. The third kappa shape index (κ3) is 2.47. The molecule has 1 fully saturated rings. The maximum Gasteiger partial charge on any atom is 0.275 e. The highest BCUT2D eigenvalue weighted by atomic mass is 32.1. The molecule has 0 aromatic carbocycles. The van der Waals surface area contributed by atoms with E-state index >= 15 is 0 Å². The molecule has 0 unspecified atom stereocenters. The van der Waals surface area contributed by atoms with E-state index in [1.165, 1.54) is 0 Å². The maximum absolute atomic E-state index is 12.2. The number of hydrogen-bond acceptors (Lipinski definition) is 7. The van der Waals surface area contributed by atoms with Gasteiger partial charge in [-0.25, -0.2) is 4.98 Å². The number of amides is 1. The molecule has 0 radical (unpaired) electrons. The van der Waals surface area contributed by atoms with Gasteiger partial charge in [0.25, 0.3) is 5.91 Å². The first kappa shape index (κ1) is 12.2. The zero-order valence-corrected chi connectivity index (χ0v) is 11.1. The van der Waals surface area contributed by atoms with Gasteiger partial charge in [-0.05, 0) is 18.5 Å². The van der Waals surface area contributed by atoms with Crippen molar-refractivity contribution in [2.45, 2.75) is 13.0 Å². The second-order valence-corrected chi connectivity index (χ2v) is 4.79. The van der Waals surface area contributed by atoms with Gasteiger partial charge >= 0.3 is 0 Å². The molecule has 0 bridgehead atoms. The van der Waals surface area contributed by atoms with Crippen LogP contribution in [0.2, 0.25) is 0 Å². The lowest BCUT2D eigenvalue weighted by molar-refractivity contribution is -0.0268. The zero-order valence-electron chi connectivity index (χ0n) is 10.2. The number of rotatable bonds is 2. The fourth-order valence-corrected chi connectivity index (χ4v) is 2.34. The van der Waals surface area contributed by atoms with Gasteiger partial charge in [-0.15, -0.1) is 5.10 Å². The summed E-state index contributed by atoms with van der Waals surface area (Å²) < 4.78 is 9.30. The molecular weight excluding hydrogens is 268 g/mol. The van der Waals surface area contributed by atoms with Crippen molar-refractivity contribution < 1.29 is 9.53 Å². The molecule has 1 aliphatic rings. The summed E-state index contributed by atoms with van der Waals surface area (Å²) >= 11 is 1.16. The summed E-state index contributed by atoms with van der Waals surface area (Å²) in [6.45, 7) is 3.24. The zero-order chi connectivity index (χ0) is 13.2. The Kier molecular flexibility index (Phi) is 3.22. The van der Waals surface area contributed by atoms with E-state index in [9.17, 15) is 4.79 Å². The van der Waals surface area contributed by atoms with E-state index in [4.69, 9.17) is 4.74 Å². The van der Waals surface area contributed by atoms with Crippen LogP contribution in [0.15, 0.2) is 5.38 Å². The van der Waals surface area contributed by atoms with Gasteiger partial charge in [0.15, 0.2) is 11.5 Å². The van der Waals surface area contributed by atoms with Crippen LogP contribution < -0.4 is 0 Å². The van der Waals surface area contributed by atoms with E-state index in [1.54, 1.807) is 10.3 Å². The lowest BCUT2D eigenvalue weighted by Gasteiger charge is -2.31. The van der Waals surface area contributed by atoms with Crippen LogP contribution in [-0.2, 0) is 4.74 Å². The molecule has 2 aromatic heterocycles. The molecule has 3 heterocycles. The first-order chi connectivity index (χ1) is 9.24. The standard InChI is InChI=1S/C10H12N6O2S/c1-6-11-9(14-12-6)8-4-16(2-3-18-8)10(17)7-5-19-15-13-7/h5,8H,2-4H2,1H3,(H,11,12,14)/t8-/m0/s1. The normalized spacial score (nSPS) is 19.6. The molecule has 1 saturated heterocycles. The summed E-state index contributed by atoms with van der Waals surface area (Å²) in [5, 5.41) is 12.3. The van der Waals surface area contributed by atoms with E-state index in [1.807, 2.05) is 6.92 Å². The summed E-state index contributed by atoms with van der Waals surface area (Å²) in [7, 11) is 0. The highest BCUT2D eigenvalue weighted by molar-refractivity contribution is 7.03. The van der Waals surface area contributed by atoms with Gasteiger partial charge < -0.3 is 9.64 Å². The highest BCUT2D eigenvalue weighted by Crippen LogP contribution is 2.20. The quantitative estimate of drug-likeness (QED) is 0.842. The van der Waals surface area contributed by atoms with Crippen molar-refractivity contribution in [3.05, 3.63) is 22.7 Å². The maximum atomic E-state index is 12.2. The number of carbonyl (C=O) groups excluding carboxylic acids is 1. The average molecular weight is 280 g/mol. The molecule has 19 heavy (non-hydrogen) atoms. The lowest BCUT2D eigenvalue weighted by Crippen LogP contribution is -2.42. The average Bonchev–Trinajstić information content (AvgIpc) is 3.09. The van der Waals surface area contributed by atoms with Crippen LogP contribution in [0.4, 0.5) is 0 Å². The topological polar surface area (TPSA) is 96.9 Å². The monoisotopic (exact) mass is 280 g/mol. The second-order valence-electron chi connectivity index (χ2n) is 4.18. The third-order valence-corrected chi connectivity index (χ3v) is 3.34. The van der Waals surface area contributed by atoms with Gasteiger partial charge in [-0.3, -0.25) is 9.89 Å². The fourth-order valence-electron chi connectivity index (χ4n) is 1.91. The molecule has 1 amide bonds. The molecule has 8 nitrogen and oxygen atoms in total. The molecule has 0 spiro atoms. The summed E-state index contributed by atoms with van der Waals surface area (Å²) in [5.74, 6) is 1.17. The first-order valence-electron chi connectivity index (χ1n) is 5.81. The van der Waals surface area contributed by atoms with Crippen LogP contribution in [0.25, 0.3) is 0 Å². The van der Waals surface area contributed by atoms with Crippen molar-refractivity contribution >= 4 is 17.4 Å². The Morgan fingerprint density at radius 2 is 2.53 bits per heavy atom. The Labute approximate surface area is 113 Å². The molecule has 1 N–H and O–H groups in total. The van der Waals surface area contributed by atoms with Gasteiger partial charge in [-0.2, -0.15) is 5.10 Å². The number of carbonyl (C=O) groups is 1. The first-order valence-corrected chi connectivity index (χ1v) is 6.64. The lowest BCUT2D eigenvalue weighted by atomic mass is 10.2. The molecule has 9 heteroatoms. The number of morpholine rings is 1. The predicted molar refractivity (Wildman–Crippen MR) is 65.6 cm³/mol. The van der Waals surface area contributed by atoms with Gasteiger partial charge in [0.2, 0.25) is 0 Å². The molecule has 3 rings (SSSR count). The molecule has 1 aliphatic heterocycles. The van der Waals surface area contributed by atoms with Crippen LogP contribution in [0.5, 0.6) is 0 Å². The smallest absolute Gasteiger partial charge is 0.275 e. The van der Waals surface area contributed by atoms with Crippen LogP contribution in [-0.4, -0.2) is 55.3 Å². The predicted octanol–water partition coefficient (Wildman–Crippen LogP) is 0.178. The number of hydrogen-bond donors (Lipinski definition) is 1. The van der Waals surface area contributed by atoms with E-state index in [2.05, 4.69) is 24.8 Å². The second kappa shape index (κ2) is 5.02. The third-order valence-electron chi connectivity index (χ3n) is 2.84. The van der Waals surface area contributed by atoms with Crippen molar-refractivity contribution in [2.24, 2.45) is 0 Å². The van der Waals surface area contributed by atoms with Gasteiger partial charge in [0.05, 0.1) is 13.2 Å². The Balaban J connectivity index is 1.73. The van der Waals surface area contributed by atoms with E-state index < -0.39 is 0 Å². The SMILES string of the molecule is Cc1nc([C@@H]2CN(C(=O)c3csnn3)CCO2)n[nH]1. The Morgan fingerprint density at radius 1 is 1.63 bits per heavy atom. The van der Waals surface area contributed by atoms with Gasteiger partial charge in [0, 0.05) is 11.9 Å². The number of nitrogens with zero attached hydrogens (tertiary/aromatic N) is 5. The van der Waals surface area contributed by atoms with Crippen LogP contribution in [0.3, 0.4) is 0 Å². The van der Waals surface area contributed by atoms with Crippen LogP contribution in [0.1, 0.15) is 28.2 Å². The number of aromatic amines is 1. The minimum Gasteiger partial charge on any atom is -0.366 e. The Hall–Kier alpha value is -1.87. The largest absolute Gasteiger partial charge is 0.366 e. The number of aryl methyl sites for hydroxylation is 1. The van der Waals surface area contributed by atoms with Gasteiger partial charge in [0.1, 0.15) is 11.9 Å². The molecule has 100 valence electrons. The molecule has 0 aliphatic carbocycles. The summed E-state index contributed by atoms with van der Waals surface area (Å²) in [6, 6.07) is 0. The minimum absolute atomic E-state index is 0.130.